The Morgan fingerprint density at radius 2 is 1.52 bits per heavy atom. The summed E-state index contributed by atoms with van der Waals surface area (Å²) in [7, 11) is 0. The number of ether oxygens (including phenoxy) is 1. The molecule has 10 nitrogen and oxygen atoms in total. The summed E-state index contributed by atoms with van der Waals surface area (Å²) in [6.45, 7) is 8.84. The first-order chi connectivity index (χ1) is 19.5. The Morgan fingerprint density at radius 1 is 0.900 bits per heavy atom. The van der Waals surface area contributed by atoms with Crippen LogP contribution in [-0.4, -0.2) is 70.3 Å². The standard InChI is InChI=1S/C30H38N8O2/c1-20(2)31-28-34-27(35-29(36-28)38-25-13-14-26(38)19-40-18-25)22-7-11-24(12-8-22)33-30(39)32-23-9-5-21(6-10-23)17-37-15-3-4-16-37/h5-12,20,25-26H,3-4,13-19H2,1-2H3,(H2,32,33,39)(H,31,34,35,36). The van der Waals surface area contributed by atoms with Crippen molar-refractivity contribution in [3.63, 3.8) is 0 Å². The lowest BCUT2D eigenvalue weighted by molar-refractivity contribution is 0.0897. The lowest BCUT2D eigenvalue weighted by Crippen LogP contribution is -2.47. The third kappa shape index (κ3) is 6.18. The molecule has 6 rings (SSSR count). The highest BCUT2D eigenvalue weighted by atomic mass is 16.5. The van der Waals surface area contributed by atoms with Gasteiger partial charge in [0.15, 0.2) is 5.82 Å². The number of amides is 2. The van der Waals surface area contributed by atoms with Crippen LogP contribution < -0.4 is 20.9 Å². The van der Waals surface area contributed by atoms with Gasteiger partial charge in [-0.3, -0.25) is 4.90 Å². The molecule has 0 aliphatic carbocycles. The van der Waals surface area contributed by atoms with E-state index in [2.05, 4.69) is 51.7 Å². The molecule has 0 radical (unpaired) electrons. The Kier molecular flexibility index (Phi) is 7.79. The van der Waals surface area contributed by atoms with Gasteiger partial charge in [0.1, 0.15) is 0 Å². The Morgan fingerprint density at radius 3 is 2.15 bits per heavy atom. The largest absolute Gasteiger partial charge is 0.377 e. The van der Waals surface area contributed by atoms with Crippen LogP contribution in [0.25, 0.3) is 11.4 Å². The number of nitrogens with one attached hydrogen (secondary N) is 3. The number of anilines is 4. The first-order valence-corrected chi connectivity index (χ1v) is 14.4. The predicted molar refractivity (Wildman–Crippen MR) is 158 cm³/mol. The number of benzene rings is 2. The molecule has 0 saturated carbocycles. The molecule has 3 aliphatic heterocycles. The highest BCUT2D eigenvalue weighted by molar-refractivity contribution is 5.99. The molecule has 3 aliphatic rings. The molecule has 210 valence electrons. The van der Waals surface area contributed by atoms with Gasteiger partial charge in [-0.15, -0.1) is 0 Å². The number of hydrogen-bond acceptors (Lipinski definition) is 8. The van der Waals surface area contributed by atoms with E-state index in [1.54, 1.807) is 0 Å². The maximum atomic E-state index is 12.6. The monoisotopic (exact) mass is 542 g/mol. The fraction of sp³-hybridized carbons (Fsp3) is 0.467. The molecule has 4 heterocycles. The third-order valence-electron chi connectivity index (χ3n) is 7.73. The van der Waals surface area contributed by atoms with E-state index in [1.165, 1.54) is 31.5 Å². The molecular weight excluding hydrogens is 504 g/mol. The highest BCUT2D eigenvalue weighted by Gasteiger charge is 2.39. The van der Waals surface area contributed by atoms with E-state index in [0.717, 1.165) is 30.6 Å². The summed E-state index contributed by atoms with van der Waals surface area (Å²) < 4.78 is 5.76. The molecule has 2 bridgehead atoms. The van der Waals surface area contributed by atoms with Crippen molar-refractivity contribution in [2.24, 2.45) is 0 Å². The first-order valence-electron chi connectivity index (χ1n) is 14.4. The molecular formula is C30H38N8O2. The molecule has 40 heavy (non-hydrogen) atoms. The van der Waals surface area contributed by atoms with Gasteiger partial charge in [-0.25, -0.2) is 4.79 Å². The number of urea groups is 1. The lowest BCUT2D eigenvalue weighted by Gasteiger charge is -2.34. The number of aromatic nitrogens is 3. The van der Waals surface area contributed by atoms with Gasteiger partial charge in [-0.1, -0.05) is 12.1 Å². The summed E-state index contributed by atoms with van der Waals surface area (Å²) in [4.78, 5) is 31.7. The van der Waals surface area contributed by atoms with Crippen molar-refractivity contribution in [3.8, 4) is 11.4 Å². The van der Waals surface area contributed by atoms with E-state index < -0.39 is 0 Å². The Balaban J connectivity index is 1.12. The molecule has 10 heteroatoms. The van der Waals surface area contributed by atoms with Crippen LogP contribution in [0.15, 0.2) is 48.5 Å². The van der Waals surface area contributed by atoms with Crippen molar-refractivity contribution < 1.29 is 9.53 Å². The van der Waals surface area contributed by atoms with E-state index in [1.807, 2.05) is 36.4 Å². The van der Waals surface area contributed by atoms with Crippen LogP contribution in [0.4, 0.5) is 28.1 Å². The van der Waals surface area contributed by atoms with Gasteiger partial charge < -0.3 is 25.6 Å². The molecule has 2 unspecified atom stereocenters. The zero-order chi connectivity index (χ0) is 27.5. The summed E-state index contributed by atoms with van der Waals surface area (Å²) in [6, 6.07) is 16.2. The average Bonchev–Trinajstić information content (AvgIpc) is 3.54. The number of fused-ring (bicyclic) bond motifs is 2. The molecule has 0 spiro atoms. The second-order valence-electron chi connectivity index (χ2n) is 11.2. The zero-order valence-electron chi connectivity index (χ0n) is 23.3. The minimum absolute atomic E-state index is 0.191. The van der Waals surface area contributed by atoms with Crippen molar-refractivity contribution in [1.82, 2.24) is 19.9 Å². The van der Waals surface area contributed by atoms with Crippen LogP contribution in [0.5, 0.6) is 0 Å². The fourth-order valence-electron chi connectivity index (χ4n) is 5.78. The molecule has 2 atom stereocenters. The van der Waals surface area contributed by atoms with Crippen molar-refractivity contribution >= 4 is 29.3 Å². The van der Waals surface area contributed by atoms with Crippen molar-refractivity contribution in [2.45, 2.75) is 64.2 Å². The van der Waals surface area contributed by atoms with Crippen molar-refractivity contribution in [1.29, 1.82) is 0 Å². The van der Waals surface area contributed by atoms with E-state index in [9.17, 15) is 4.79 Å². The normalized spacial score (nSPS) is 20.6. The van der Waals surface area contributed by atoms with Crippen LogP contribution >= 0.6 is 0 Å². The van der Waals surface area contributed by atoms with Gasteiger partial charge in [0.05, 0.1) is 25.3 Å². The molecule has 3 fully saturated rings. The van der Waals surface area contributed by atoms with Crippen LogP contribution in [-0.2, 0) is 11.3 Å². The molecule has 3 aromatic rings. The van der Waals surface area contributed by atoms with Crippen molar-refractivity contribution in [3.05, 3.63) is 54.1 Å². The molecule has 2 amide bonds. The maximum absolute atomic E-state index is 12.6. The van der Waals surface area contributed by atoms with Gasteiger partial charge in [0, 0.05) is 29.5 Å². The summed E-state index contributed by atoms with van der Waals surface area (Å²) in [6.07, 6.45) is 4.74. The summed E-state index contributed by atoms with van der Waals surface area (Å²) in [5, 5.41) is 9.18. The van der Waals surface area contributed by atoms with Gasteiger partial charge in [-0.05, 0) is 94.6 Å². The summed E-state index contributed by atoms with van der Waals surface area (Å²) >= 11 is 0. The number of rotatable bonds is 8. The number of carbonyl (C=O) groups is 1. The molecule has 3 saturated heterocycles. The number of carbonyl (C=O) groups excluding carboxylic acids is 1. The van der Waals surface area contributed by atoms with Crippen LogP contribution in [0, 0.1) is 0 Å². The quantitative estimate of drug-likeness (QED) is 0.366. The molecule has 2 aromatic carbocycles. The number of hydrogen-bond donors (Lipinski definition) is 3. The second kappa shape index (κ2) is 11.8. The SMILES string of the molecule is CC(C)Nc1nc(-c2ccc(NC(=O)Nc3ccc(CN4CCCC4)cc3)cc2)nc(N2C3CCC2COC3)n1. The molecule has 3 N–H and O–H groups in total. The number of nitrogens with zero attached hydrogens (tertiary/aromatic N) is 5. The first kappa shape index (κ1) is 26.5. The van der Waals surface area contributed by atoms with Gasteiger partial charge in [0.2, 0.25) is 11.9 Å². The van der Waals surface area contributed by atoms with Gasteiger partial charge in [-0.2, -0.15) is 15.0 Å². The average molecular weight is 543 g/mol. The predicted octanol–water partition coefficient (Wildman–Crippen LogP) is 4.97. The third-order valence-corrected chi connectivity index (χ3v) is 7.73. The van der Waals surface area contributed by atoms with Gasteiger partial charge in [0.25, 0.3) is 0 Å². The zero-order valence-corrected chi connectivity index (χ0v) is 23.3. The number of likely N-dealkylation sites (tertiary alicyclic amines) is 1. The fourth-order valence-corrected chi connectivity index (χ4v) is 5.78. The van der Waals surface area contributed by atoms with E-state index in [0.29, 0.717) is 48.7 Å². The minimum Gasteiger partial charge on any atom is -0.377 e. The summed E-state index contributed by atoms with van der Waals surface area (Å²) in [5.41, 5.74) is 3.57. The van der Waals surface area contributed by atoms with Gasteiger partial charge >= 0.3 is 6.03 Å². The maximum Gasteiger partial charge on any atom is 0.323 e. The Hall–Kier alpha value is -3.76. The Labute approximate surface area is 235 Å². The highest BCUT2D eigenvalue weighted by Crippen LogP contribution is 2.33. The van der Waals surface area contributed by atoms with E-state index in [4.69, 9.17) is 19.7 Å². The molecule has 1 aromatic heterocycles. The van der Waals surface area contributed by atoms with Crippen LogP contribution in [0.1, 0.15) is 45.1 Å². The summed E-state index contributed by atoms with van der Waals surface area (Å²) in [5.74, 6) is 1.86. The minimum atomic E-state index is -0.284. The van der Waals surface area contributed by atoms with E-state index in [-0.39, 0.29) is 12.1 Å². The lowest BCUT2D eigenvalue weighted by atomic mass is 10.2. The van der Waals surface area contributed by atoms with Crippen LogP contribution in [0.2, 0.25) is 0 Å². The number of morpholine rings is 1. The Bertz CT molecular complexity index is 1290. The second-order valence-corrected chi connectivity index (χ2v) is 11.2. The van der Waals surface area contributed by atoms with Crippen molar-refractivity contribution in [2.75, 3.05) is 47.2 Å². The smallest absolute Gasteiger partial charge is 0.323 e. The topological polar surface area (TPSA) is 108 Å². The van der Waals surface area contributed by atoms with E-state index >= 15 is 0 Å². The van der Waals surface area contributed by atoms with Crippen LogP contribution in [0.3, 0.4) is 0 Å².